The van der Waals surface area contributed by atoms with E-state index in [1.165, 1.54) is 11.3 Å². The maximum atomic E-state index is 11.7. The molecular weight excluding hydrogens is 362 g/mol. The van der Waals surface area contributed by atoms with E-state index in [0.29, 0.717) is 13.2 Å². The van der Waals surface area contributed by atoms with Crippen molar-refractivity contribution in [3.05, 3.63) is 35.3 Å². The summed E-state index contributed by atoms with van der Waals surface area (Å²) in [5.41, 5.74) is 6.68. The number of amides is 1. The molecule has 0 spiro atoms. The van der Waals surface area contributed by atoms with Crippen molar-refractivity contribution >= 4 is 17.4 Å². The minimum atomic E-state index is -0.426. The first-order valence-corrected chi connectivity index (χ1v) is 9.93. The van der Waals surface area contributed by atoms with Crippen LogP contribution in [0.2, 0.25) is 0 Å². The topological polar surface area (TPSA) is 86.5 Å². The highest BCUT2D eigenvalue weighted by Gasteiger charge is 2.42. The van der Waals surface area contributed by atoms with Crippen LogP contribution in [0.3, 0.4) is 0 Å². The molecule has 0 bridgehead atoms. The van der Waals surface area contributed by atoms with Gasteiger partial charge < -0.3 is 20.5 Å². The highest BCUT2D eigenvalue weighted by molar-refractivity contribution is 7.15. The van der Waals surface area contributed by atoms with Gasteiger partial charge >= 0.3 is 6.09 Å². The molecule has 7 heteroatoms. The highest BCUT2D eigenvalue weighted by atomic mass is 32.1. The first-order valence-electron chi connectivity index (χ1n) is 9.12. The number of nitrogens with two attached hydrogens (primary N) is 1. The van der Waals surface area contributed by atoms with Crippen molar-refractivity contribution in [2.24, 2.45) is 11.1 Å². The molecule has 0 saturated heterocycles. The lowest BCUT2D eigenvalue weighted by Gasteiger charge is -2.19. The average Bonchev–Trinajstić information content (AvgIpc) is 3.25. The number of hydrogen-bond donors (Lipinski definition) is 2. The van der Waals surface area contributed by atoms with E-state index in [0.717, 1.165) is 34.0 Å². The first-order chi connectivity index (χ1) is 12.8. The predicted molar refractivity (Wildman–Crippen MR) is 107 cm³/mol. The lowest BCUT2D eigenvalue weighted by atomic mass is 10.1. The van der Waals surface area contributed by atoms with Crippen LogP contribution in [0.25, 0.3) is 10.6 Å². The zero-order chi connectivity index (χ0) is 19.5. The summed E-state index contributed by atoms with van der Waals surface area (Å²) in [7, 11) is 0. The third kappa shape index (κ3) is 5.68. The molecule has 1 aromatic heterocycles. The molecule has 1 heterocycles. The van der Waals surface area contributed by atoms with Gasteiger partial charge in [0, 0.05) is 29.3 Å². The SMILES string of the molecule is CC(C)(C)NC(=O)OCc1cnc(-c2ccc(OCC3(CN)CC3)cc2)s1. The predicted octanol–water partition coefficient (Wildman–Crippen LogP) is 3.95. The number of carbonyl (C=O) groups excluding carboxylic acids is 1. The molecule has 0 radical (unpaired) electrons. The quantitative estimate of drug-likeness (QED) is 0.749. The van der Waals surface area contributed by atoms with E-state index in [1.54, 1.807) is 6.20 Å². The molecule has 2 aromatic rings. The Bertz CT molecular complexity index is 777. The molecule has 1 saturated carbocycles. The van der Waals surface area contributed by atoms with Gasteiger partial charge in [0.2, 0.25) is 0 Å². The number of rotatable bonds is 7. The van der Waals surface area contributed by atoms with Crippen LogP contribution in [-0.4, -0.2) is 29.8 Å². The van der Waals surface area contributed by atoms with Crippen LogP contribution < -0.4 is 15.8 Å². The van der Waals surface area contributed by atoms with Gasteiger partial charge in [-0.25, -0.2) is 9.78 Å². The Kier molecular flexibility index (Phi) is 5.72. The molecule has 1 aromatic carbocycles. The minimum absolute atomic E-state index is 0.197. The van der Waals surface area contributed by atoms with E-state index in [2.05, 4.69) is 10.3 Å². The lowest BCUT2D eigenvalue weighted by molar-refractivity contribution is 0.132. The van der Waals surface area contributed by atoms with Crippen LogP contribution in [0.4, 0.5) is 4.79 Å². The summed E-state index contributed by atoms with van der Waals surface area (Å²) in [4.78, 5) is 17.1. The van der Waals surface area contributed by atoms with Crippen molar-refractivity contribution in [3.8, 4) is 16.3 Å². The fourth-order valence-electron chi connectivity index (χ4n) is 2.50. The molecule has 1 fully saturated rings. The van der Waals surface area contributed by atoms with Crippen molar-refractivity contribution in [3.63, 3.8) is 0 Å². The molecule has 0 atom stereocenters. The standard InChI is InChI=1S/C20H27N3O3S/c1-19(2,3)23-18(24)25-11-16-10-22-17(27-16)14-4-6-15(7-5-14)26-13-20(12-21)8-9-20/h4-7,10H,8-9,11-13,21H2,1-3H3,(H,23,24). The number of ether oxygens (including phenoxy) is 2. The largest absolute Gasteiger partial charge is 0.493 e. The molecule has 146 valence electrons. The van der Waals surface area contributed by atoms with Crippen molar-refractivity contribution < 1.29 is 14.3 Å². The Morgan fingerprint density at radius 3 is 2.59 bits per heavy atom. The van der Waals surface area contributed by atoms with Gasteiger partial charge in [-0.1, -0.05) is 0 Å². The van der Waals surface area contributed by atoms with Gasteiger partial charge in [0.1, 0.15) is 17.4 Å². The monoisotopic (exact) mass is 389 g/mol. The normalized spacial score (nSPS) is 15.3. The van der Waals surface area contributed by atoms with Gasteiger partial charge in [-0.05, 0) is 57.9 Å². The molecule has 1 aliphatic carbocycles. The second kappa shape index (κ2) is 7.86. The van der Waals surface area contributed by atoms with E-state index in [-0.39, 0.29) is 17.6 Å². The Labute approximate surface area is 164 Å². The van der Waals surface area contributed by atoms with Gasteiger partial charge in [-0.3, -0.25) is 0 Å². The van der Waals surface area contributed by atoms with Gasteiger partial charge in [0.15, 0.2) is 0 Å². The molecule has 6 nitrogen and oxygen atoms in total. The molecule has 3 rings (SSSR count). The molecule has 27 heavy (non-hydrogen) atoms. The molecular formula is C20H27N3O3S. The Morgan fingerprint density at radius 2 is 2.00 bits per heavy atom. The number of carbonyl (C=O) groups is 1. The number of aromatic nitrogens is 1. The minimum Gasteiger partial charge on any atom is -0.493 e. The molecule has 3 N–H and O–H groups in total. The third-order valence-corrected chi connectivity index (χ3v) is 5.43. The van der Waals surface area contributed by atoms with E-state index < -0.39 is 6.09 Å². The summed E-state index contributed by atoms with van der Waals surface area (Å²) in [6.45, 7) is 7.30. The van der Waals surface area contributed by atoms with Crippen molar-refractivity contribution in [2.75, 3.05) is 13.2 Å². The number of hydrogen-bond acceptors (Lipinski definition) is 6. The second-order valence-electron chi connectivity index (χ2n) is 8.10. The smallest absolute Gasteiger partial charge is 0.407 e. The molecule has 0 unspecified atom stereocenters. The maximum absolute atomic E-state index is 11.7. The van der Waals surface area contributed by atoms with Gasteiger partial charge in [0.05, 0.1) is 11.5 Å². The van der Waals surface area contributed by atoms with Crippen LogP contribution in [0, 0.1) is 5.41 Å². The number of alkyl carbamates (subject to hydrolysis) is 1. The summed E-state index contributed by atoms with van der Waals surface area (Å²) >= 11 is 1.51. The molecule has 0 aliphatic heterocycles. The molecule has 1 aliphatic rings. The summed E-state index contributed by atoms with van der Waals surface area (Å²) in [6, 6.07) is 7.90. The number of thiazole rings is 1. The third-order valence-electron chi connectivity index (χ3n) is 4.41. The van der Waals surface area contributed by atoms with Crippen LogP contribution in [-0.2, 0) is 11.3 Å². The summed E-state index contributed by atoms with van der Waals surface area (Å²) in [5, 5.41) is 3.65. The average molecular weight is 390 g/mol. The van der Waals surface area contributed by atoms with E-state index in [1.807, 2.05) is 45.0 Å². The first kappa shape index (κ1) is 19.6. The fraction of sp³-hybridized carbons (Fsp3) is 0.500. The zero-order valence-electron chi connectivity index (χ0n) is 16.1. The lowest BCUT2D eigenvalue weighted by Crippen LogP contribution is -2.40. The van der Waals surface area contributed by atoms with Gasteiger partial charge in [-0.2, -0.15) is 0 Å². The summed E-state index contributed by atoms with van der Waals surface area (Å²) < 4.78 is 11.1. The van der Waals surface area contributed by atoms with E-state index in [9.17, 15) is 4.79 Å². The van der Waals surface area contributed by atoms with Crippen LogP contribution in [0.1, 0.15) is 38.5 Å². The zero-order valence-corrected chi connectivity index (χ0v) is 16.9. The van der Waals surface area contributed by atoms with Crippen molar-refractivity contribution in [1.29, 1.82) is 0 Å². The van der Waals surface area contributed by atoms with Gasteiger partial charge in [0.25, 0.3) is 0 Å². The van der Waals surface area contributed by atoms with Crippen LogP contribution >= 0.6 is 11.3 Å². The van der Waals surface area contributed by atoms with E-state index >= 15 is 0 Å². The summed E-state index contributed by atoms with van der Waals surface area (Å²) in [6.07, 6.45) is 3.62. The Morgan fingerprint density at radius 1 is 1.30 bits per heavy atom. The maximum Gasteiger partial charge on any atom is 0.407 e. The number of nitrogens with zero attached hydrogens (tertiary/aromatic N) is 1. The Balaban J connectivity index is 1.52. The van der Waals surface area contributed by atoms with E-state index in [4.69, 9.17) is 15.2 Å². The van der Waals surface area contributed by atoms with Crippen molar-refractivity contribution in [1.82, 2.24) is 10.3 Å². The van der Waals surface area contributed by atoms with Crippen LogP contribution in [0.15, 0.2) is 30.5 Å². The fourth-order valence-corrected chi connectivity index (χ4v) is 3.33. The number of nitrogens with one attached hydrogen (secondary N) is 1. The number of benzene rings is 1. The van der Waals surface area contributed by atoms with Gasteiger partial charge in [-0.15, -0.1) is 11.3 Å². The highest BCUT2D eigenvalue weighted by Crippen LogP contribution is 2.44. The van der Waals surface area contributed by atoms with Crippen LogP contribution in [0.5, 0.6) is 5.75 Å². The Hall–Kier alpha value is -2.12. The molecule has 1 amide bonds. The van der Waals surface area contributed by atoms with Crippen molar-refractivity contribution in [2.45, 2.75) is 45.8 Å². The second-order valence-corrected chi connectivity index (χ2v) is 9.22. The summed E-state index contributed by atoms with van der Waals surface area (Å²) in [5.74, 6) is 0.845.